The van der Waals surface area contributed by atoms with E-state index in [2.05, 4.69) is 30.0 Å². The molecule has 0 aromatic carbocycles. The molecule has 2 N–H and O–H groups in total. The molecule has 15 heavy (non-hydrogen) atoms. The van der Waals surface area contributed by atoms with Crippen LogP contribution in [0.4, 0.5) is 0 Å². The van der Waals surface area contributed by atoms with Gasteiger partial charge in [0.25, 0.3) is 0 Å². The number of nitrogens with zero attached hydrogens (tertiary/aromatic N) is 3. The Morgan fingerprint density at radius 1 is 1.40 bits per heavy atom. The predicted octanol–water partition coefficient (Wildman–Crippen LogP) is 1.53. The van der Waals surface area contributed by atoms with Gasteiger partial charge in [0.1, 0.15) is 11.2 Å². The monoisotopic (exact) mass is 204 g/mol. The molecular weight excluding hydrogens is 188 g/mol. The summed E-state index contributed by atoms with van der Waals surface area (Å²) in [6.45, 7) is 7.45. The zero-order chi connectivity index (χ0) is 11.0. The maximum atomic E-state index is 5.67. The van der Waals surface area contributed by atoms with Crippen LogP contribution in [0.2, 0.25) is 0 Å². The second kappa shape index (κ2) is 3.62. The molecule has 4 heteroatoms. The first-order valence-corrected chi connectivity index (χ1v) is 5.21. The Labute approximate surface area is 89.1 Å². The minimum atomic E-state index is 0.444. The molecule has 2 heterocycles. The second-order valence-electron chi connectivity index (χ2n) is 3.74. The molecule has 0 atom stereocenters. The third-order valence-electron chi connectivity index (χ3n) is 2.58. The quantitative estimate of drug-likeness (QED) is 0.807. The Kier molecular flexibility index (Phi) is 2.44. The summed E-state index contributed by atoms with van der Waals surface area (Å²) in [6, 6.07) is 2.08. The van der Waals surface area contributed by atoms with Gasteiger partial charge in [0, 0.05) is 18.8 Å². The molecule has 0 bridgehead atoms. The number of hydrogen-bond donors (Lipinski definition) is 1. The van der Waals surface area contributed by atoms with Crippen LogP contribution < -0.4 is 5.73 Å². The highest BCUT2D eigenvalue weighted by Crippen LogP contribution is 2.20. The maximum Gasteiger partial charge on any atom is 0.113 e. The average Bonchev–Trinajstić information content (AvgIpc) is 2.55. The molecule has 4 nitrogen and oxygen atoms in total. The summed E-state index contributed by atoms with van der Waals surface area (Å²) >= 11 is 0. The van der Waals surface area contributed by atoms with Crippen LogP contribution in [0.25, 0.3) is 11.0 Å². The van der Waals surface area contributed by atoms with Crippen molar-refractivity contribution in [1.29, 1.82) is 0 Å². The van der Waals surface area contributed by atoms with Crippen LogP contribution in [0.1, 0.15) is 23.9 Å². The van der Waals surface area contributed by atoms with Crippen molar-refractivity contribution in [2.24, 2.45) is 5.73 Å². The van der Waals surface area contributed by atoms with Gasteiger partial charge in [-0.05, 0) is 32.4 Å². The van der Waals surface area contributed by atoms with E-state index in [4.69, 9.17) is 5.73 Å². The lowest BCUT2D eigenvalue weighted by molar-refractivity contribution is 0.667. The van der Waals surface area contributed by atoms with E-state index in [1.165, 1.54) is 5.56 Å². The van der Waals surface area contributed by atoms with Crippen LogP contribution in [0.5, 0.6) is 0 Å². The number of hydrogen-bond acceptors (Lipinski definition) is 3. The van der Waals surface area contributed by atoms with E-state index in [1.54, 1.807) is 0 Å². The summed E-state index contributed by atoms with van der Waals surface area (Å²) in [5.74, 6) is 0. The molecule has 0 saturated carbocycles. The third kappa shape index (κ3) is 1.51. The van der Waals surface area contributed by atoms with Crippen LogP contribution in [0.15, 0.2) is 6.07 Å². The average molecular weight is 204 g/mol. The Morgan fingerprint density at radius 3 is 2.73 bits per heavy atom. The van der Waals surface area contributed by atoms with E-state index in [0.717, 1.165) is 29.0 Å². The van der Waals surface area contributed by atoms with Crippen molar-refractivity contribution < 1.29 is 0 Å². The van der Waals surface area contributed by atoms with E-state index in [9.17, 15) is 0 Å². The molecule has 0 amide bonds. The van der Waals surface area contributed by atoms with Crippen molar-refractivity contribution in [3.63, 3.8) is 0 Å². The molecule has 0 fully saturated rings. The molecule has 0 radical (unpaired) electrons. The summed E-state index contributed by atoms with van der Waals surface area (Å²) < 4.78 is 1.97. The molecule has 0 aliphatic rings. The lowest BCUT2D eigenvalue weighted by Crippen LogP contribution is -2.01. The van der Waals surface area contributed by atoms with Crippen molar-refractivity contribution in [3.05, 3.63) is 23.0 Å². The topological polar surface area (TPSA) is 56.7 Å². The number of rotatable bonds is 2. The molecule has 0 saturated heterocycles. The van der Waals surface area contributed by atoms with E-state index in [-0.39, 0.29) is 0 Å². The highest BCUT2D eigenvalue weighted by Gasteiger charge is 2.12. The summed E-state index contributed by atoms with van der Waals surface area (Å²) in [5.41, 5.74) is 10.9. The van der Waals surface area contributed by atoms with Gasteiger partial charge in [-0.25, -0.2) is 4.98 Å². The highest BCUT2D eigenvalue weighted by molar-refractivity contribution is 5.81. The van der Waals surface area contributed by atoms with Gasteiger partial charge >= 0.3 is 0 Å². The largest absolute Gasteiger partial charge is 0.325 e. The summed E-state index contributed by atoms with van der Waals surface area (Å²) in [4.78, 5) is 4.51. The normalized spacial score (nSPS) is 11.2. The molecule has 2 aromatic rings. The van der Waals surface area contributed by atoms with Crippen molar-refractivity contribution in [2.75, 3.05) is 0 Å². The minimum absolute atomic E-state index is 0.444. The van der Waals surface area contributed by atoms with Crippen LogP contribution in [0, 0.1) is 13.8 Å². The van der Waals surface area contributed by atoms with Gasteiger partial charge in [0.05, 0.1) is 5.52 Å². The number of fused-ring (bicyclic) bond motifs is 1. The number of nitrogens with two attached hydrogens (primary N) is 1. The SMILES string of the molecule is CCn1nc(CN)c2nc(C)cc(C)c21. The zero-order valence-electron chi connectivity index (χ0n) is 9.41. The molecule has 80 valence electrons. The fourth-order valence-corrected chi connectivity index (χ4v) is 1.97. The lowest BCUT2D eigenvalue weighted by atomic mass is 10.2. The predicted molar refractivity (Wildman–Crippen MR) is 60.6 cm³/mol. The standard InChI is InChI=1S/C11H16N4/c1-4-15-11-7(2)5-8(3)13-10(11)9(6-12)14-15/h5H,4,6,12H2,1-3H3. The lowest BCUT2D eigenvalue weighted by Gasteiger charge is -2.02. The Balaban J connectivity index is 2.85. The molecule has 2 aromatic heterocycles. The molecule has 0 aliphatic heterocycles. The third-order valence-corrected chi connectivity index (χ3v) is 2.58. The number of pyridine rings is 1. The molecule has 0 aliphatic carbocycles. The van der Waals surface area contributed by atoms with Gasteiger partial charge in [-0.3, -0.25) is 4.68 Å². The smallest absolute Gasteiger partial charge is 0.113 e. The van der Waals surface area contributed by atoms with Crippen LogP contribution in [-0.4, -0.2) is 14.8 Å². The summed E-state index contributed by atoms with van der Waals surface area (Å²) in [7, 11) is 0. The summed E-state index contributed by atoms with van der Waals surface area (Å²) in [5, 5.41) is 4.46. The molecule has 0 unspecified atom stereocenters. The van der Waals surface area contributed by atoms with E-state index in [0.29, 0.717) is 6.54 Å². The van der Waals surface area contributed by atoms with E-state index < -0.39 is 0 Å². The van der Waals surface area contributed by atoms with Crippen molar-refractivity contribution in [3.8, 4) is 0 Å². The minimum Gasteiger partial charge on any atom is -0.325 e. The first-order chi connectivity index (χ1) is 7.17. The highest BCUT2D eigenvalue weighted by atomic mass is 15.3. The Morgan fingerprint density at radius 2 is 2.13 bits per heavy atom. The fraction of sp³-hybridized carbons (Fsp3) is 0.455. The summed E-state index contributed by atoms with van der Waals surface area (Å²) in [6.07, 6.45) is 0. The van der Waals surface area contributed by atoms with E-state index >= 15 is 0 Å². The zero-order valence-corrected chi connectivity index (χ0v) is 9.41. The number of aromatic nitrogens is 3. The van der Waals surface area contributed by atoms with Crippen molar-refractivity contribution >= 4 is 11.0 Å². The van der Waals surface area contributed by atoms with Gasteiger partial charge in [0.2, 0.25) is 0 Å². The Bertz CT molecular complexity index is 499. The van der Waals surface area contributed by atoms with Crippen LogP contribution >= 0.6 is 0 Å². The Hall–Kier alpha value is -1.42. The maximum absolute atomic E-state index is 5.67. The molecular formula is C11H16N4. The molecule has 0 spiro atoms. The van der Waals surface area contributed by atoms with Crippen molar-refractivity contribution in [1.82, 2.24) is 14.8 Å². The first kappa shape index (κ1) is 10.1. The van der Waals surface area contributed by atoms with Gasteiger partial charge < -0.3 is 5.73 Å². The molecule has 2 rings (SSSR count). The van der Waals surface area contributed by atoms with Crippen LogP contribution in [-0.2, 0) is 13.1 Å². The first-order valence-electron chi connectivity index (χ1n) is 5.21. The number of aryl methyl sites for hydroxylation is 3. The van der Waals surface area contributed by atoms with Gasteiger partial charge in [0.15, 0.2) is 0 Å². The fourth-order valence-electron chi connectivity index (χ4n) is 1.97. The van der Waals surface area contributed by atoms with Gasteiger partial charge in [-0.2, -0.15) is 5.10 Å². The second-order valence-corrected chi connectivity index (χ2v) is 3.74. The van der Waals surface area contributed by atoms with E-state index in [1.807, 2.05) is 11.6 Å². The van der Waals surface area contributed by atoms with Crippen LogP contribution in [0.3, 0.4) is 0 Å². The van der Waals surface area contributed by atoms with Gasteiger partial charge in [-0.15, -0.1) is 0 Å². The van der Waals surface area contributed by atoms with Crippen molar-refractivity contribution in [2.45, 2.75) is 33.9 Å². The van der Waals surface area contributed by atoms with Gasteiger partial charge in [-0.1, -0.05) is 0 Å².